The maximum absolute atomic E-state index is 4.63. The molecule has 0 aromatic carbocycles. The van der Waals surface area contributed by atoms with E-state index < -0.39 is 0 Å². The highest BCUT2D eigenvalue weighted by Gasteiger charge is 2.22. The fraction of sp³-hybridized carbons (Fsp3) is 0.600. The molecule has 1 N–H and O–H groups in total. The van der Waals surface area contributed by atoms with E-state index in [0.29, 0.717) is 0 Å². The third-order valence-electron chi connectivity index (χ3n) is 3.62. The molecule has 118 valence electrons. The number of nitrogens with one attached hydrogen (secondary N) is 1. The number of piperazine rings is 1. The highest BCUT2D eigenvalue weighted by Crippen LogP contribution is 2.20. The van der Waals surface area contributed by atoms with Crippen LogP contribution in [0.1, 0.15) is 26.6 Å². The molecule has 0 saturated carbocycles. The zero-order valence-electron chi connectivity index (χ0n) is 13.5. The maximum atomic E-state index is 4.63. The summed E-state index contributed by atoms with van der Waals surface area (Å²) in [6.07, 6.45) is 4.46. The van der Waals surface area contributed by atoms with Crippen LogP contribution in [0, 0.1) is 5.41 Å². The lowest BCUT2D eigenvalue weighted by atomic mass is 9.92. The summed E-state index contributed by atoms with van der Waals surface area (Å²) in [7, 11) is 0. The van der Waals surface area contributed by atoms with E-state index in [1.165, 1.54) is 0 Å². The third-order valence-corrected chi connectivity index (χ3v) is 3.62. The highest BCUT2D eigenvalue weighted by molar-refractivity contribution is 5.36. The smallest absolute Gasteiger partial charge is 0.244 e. The van der Waals surface area contributed by atoms with Gasteiger partial charge in [0.2, 0.25) is 11.9 Å². The van der Waals surface area contributed by atoms with Gasteiger partial charge in [-0.05, 0) is 11.5 Å². The van der Waals surface area contributed by atoms with E-state index in [1.807, 2.05) is 6.07 Å². The first-order valence-corrected chi connectivity index (χ1v) is 7.69. The fourth-order valence-corrected chi connectivity index (χ4v) is 2.57. The van der Waals surface area contributed by atoms with Crippen LogP contribution >= 0.6 is 0 Å². The minimum absolute atomic E-state index is 0.208. The Bertz CT molecular complexity index is 594. The Kier molecular flexibility index (Phi) is 3.96. The van der Waals surface area contributed by atoms with Crippen molar-refractivity contribution in [1.29, 1.82) is 0 Å². The molecule has 0 unspecified atom stereocenters. The Hall–Kier alpha value is -2.18. The molecule has 0 amide bonds. The van der Waals surface area contributed by atoms with Gasteiger partial charge in [0.1, 0.15) is 5.82 Å². The van der Waals surface area contributed by atoms with Crippen LogP contribution in [-0.2, 0) is 6.42 Å². The van der Waals surface area contributed by atoms with E-state index in [2.05, 4.69) is 55.7 Å². The largest absolute Gasteiger partial charge is 0.337 e. The van der Waals surface area contributed by atoms with Gasteiger partial charge in [-0.2, -0.15) is 4.98 Å². The second-order valence-electron chi connectivity index (χ2n) is 6.84. The Morgan fingerprint density at radius 1 is 1.00 bits per heavy atom. The van der Waals surface area contributed by atoms with E-state index in [1.54, 1.807) is 12.4 Å². The van der Waals surface area contributed by atoms with Crippen molar-refractivity contribution in [1.82, 2.24) is 25.1 Å². The number of hydrogen-bond donors (Lipinski definition) is 1. The molecular formula is C15H23N7. The minimum atomic E-state index is 0.208. The maximum Gasteiger partial charge on any atom is 0.244 e. The van der Waals surface area contributed by atoms with Crippen LogP contribution in [0.5, 0.6) is 0 Å². The van der Waals surface area contributed by atoms with Crippen molar-refractivity contribution in [2.75, 3.05) is 36.0 Å². The van der Waals surface area contributed by atoms with Crippen molar-refractivity contribution in [2.24, 2.45) is 5.41 Å². The van der Waals surface area contributed by atoms with Gasteiger partial charge < -0.3 is 9.80 Å². The predicted octanol–water partition coefficient (Wildman–Crippen LogP) is 1.51. The van der Waals surface area contributed by atoms with Crippen LogP contribution in [0.25, 0.3) is 0 Å². The molecule has 0 atom stereocenters. The molecule has 1 aliphatic heterocycles. The van der Waals surface area contributed by atoms with Crippen LogP contribution in [0.15, 0.2) is 18.5 Å². The van der Waals surface area contributed by atoms with Crippen molar-refractivity contribution in [3.63, 3.8) is 0 Å². The van der Waals surface area contributed by atoms with Crippen LogP contribution in [0.2, 0.25) is 0 Å². The normalized spacial score (nSPS) is 16.1. The third kappa shape index (κ3) is 3.52. The average Bonchev–Trinajstić information content (AvgIpc) is 2.95. The zero-order valence-corrected chi connectivity index (χ0v) is 13.5. The quantitative estimate of drug-likeness (QED) is 0.926. The van der Waals surface area contributed by atoms with Crippen molar-refractivity contribution in [3.8, 4) is 0 Å². The molecular weight excluding hydrogens is 278 g/mol. The number of hydrogen-bond acceptors (Lipinski definition) is 6. The van der Waals surface area contributed by atoms with Gasteiger partial charge in [-0.1, -0.05) is 20.8 Å². The summed E-state index contributed by atoms with van der Waals surface area (Å²) in [6, 6.07) is 1.84. The molecule has 0 spiro atoms. The molecule has 1 saturated heterocycles. The summed E-state index contributed by atoms with van der Waals surface area (Å²) in [5, 5.41) is 7.42. The minimum Gasteiger partial charge on any atom is -0.337 e. The molecule has 7 heteroatoms. The molecule has 7 nitrogen and oxygen atoms in total. The molecule has 0 bridgehead atoms. The van der Waals surface area contributed by atoms with Gasteiger partial charge in [0.25, 0.3) is 0 Å². The Morgan fingerprint density at radius 2 is 1.59 bits per heavy atom. The van der Waals surface area contributed by atoms with E-state index in [4.69, 9.17) is 0 Å². The summed E-state index contributed by atoms with van der Waals surface area (Å²) in [5.74, 6) is 2.55. The van der Waals surface area contributed by atoms with Crippen molar-refractivity contribution in [3.05, 3.63) is 24.3 Å². The second kappa shape index (κ2) is 5.90. The predicted molar refractivity (Wildman–Crippen MR) is 86.0 cm³/mol. The number of H-pyrrole nitrogens is 1. The molecule has 1 fully saturated rings. The van der Waals surface area contributed by atoms with Gasteiger partial charge in [-0.3, -0.25) is 5.10 Å². The lowest BCUT2D eigenvalue weighted by Gasteiger charge is -2.33. The van der Waals surface area contributed by atoms with E-state index in [0.717, 1.165) is 50.3 Å². The van der Waals surface area contributed by atoms with Gasteiger partial charge in [0, 0.05) is 45.0 Å². The van der Waals surface area contributed by atoms with E-state index in [-0.39, 0.29) is 5.41 Å². The van der Waals surface area contributed by atoms with E-state index >= 15 is 0 Å². The van der Waals surface area contributed by atoms with Gasteiger partial charge in [-0.15, -0.1) is 5.10 Å². The Labute approximate surface area is 130 Å². The SMILES string of the molecule is CC(C)(C)Cc1nc(N2CCN(c3ncccn3)CC2)n[nH]1. The second-order valence-corrected chi connectivity index (χ2v) is 6.84. The van der Waals surface area contributed by atoms with Gasteiger partial charge in [-0.25, -0.2) is 9.97 Å². The fourth-order valence-electron chi connectivity index (χ4n) is 2.57. The average molecular weight is 301 g/mol. The standard InChI is InChI=1S/C15H23N7/c1-15(2,3)11-12-18-14(20-19-12)22-9-7-21(8-10-22)13-16-5-4-6-17-13/h4-6H,7-11H2,1-3H3,(H,18,19,20). The van der Waals surface area contributed by atoms with Crippen LogP contribution in [0.3, 0.4) is 0 Å². The van der Waals surface area contributed by atoms with Crippen LogP contribution in [0.4, 0.5) is 11.9 Å². The molecule has 3 heterocycles. The molecule has 0 aliphatic carbocycles. The highest BCUT2D eigenvalue weighted by atomic mass is 15.4. The number of aromatic amines is 1. The summed E-state index contributed by atoms with van der Waals surface area (Å²) in [5.41, 5.74) is 0.208. The van der Waals surface area contributed by atoms with E-state index in [9.17, 15) is 0 Å². The molecule has 2 aromatic heterocycles. The number of rotatable bonds is 3. The van der Waals surface area contributed by atoms with Crippen LogP contribution < -0.4 is 9.80 Å². The number of aromatic nitrogens is 5. The molecule has 22 heavy (non-hydrogen) atoms. The lowest BCUT2D eigenvalue weighted by Crippen LogP contribution is -2.47. The lowest BCUT2D eigenvalue weighted by molar-refractivity contribution is 0.401. The first kappa shape index (κ1) is 14.7. The first-order valence-electron chi connectivity index (χ1n) is 7.69. The topological polar surface area (TPSA) is 73.8 Å². The van der Waals surface area contributed by atoms with Crippen molar-refractivity contribution < 1.29 is 0 Å². The molecule has 1 aliphatic rings. The molecule has 3 rings (SSSR count). The number of anilines is 2. The molecule has 0 radical (unpaired) electrons. The van der Waals surface area contributed by atoms with Gasteiger partial charge >= 0.3 is 0 Å². The van der Waals surface area contributed by atoms with Gasteiger partial charge in [0.05, 0.1) is 0 Å². The molecule has 2 aromatic rings. The Balaban J connectivity index is 1.60. The van der Waals surface area contributed by atoms with Gasteiger partial charge in [0.15, 0.2) is 0 Å². The monoisotopic (exact) mass is 301 g/mol. The summed E-state index contributed by atoms with van der Waals surface area (Å²) < 4.78 is 0. The summed E-state index contributed by atoms with van der Waals surface area (Å²) >= 11 is 0. The van der Waals surface area contributed by atoms with Crippen molar-refractivity contribution in [2.45, 2.75) is 27.2 Å². The number of nitrogens with zero attached hydrogens (tertiary/aromatic N) is 6. The first-order chi connectivity index (χ1) is 10.5. The summed E-state index contributed by atoms with van der Waals surface area (Å²) in [6.45, 7) is 10.1. The van der Waals surface area contributed by atoms with Crippen LogP contribution in [-0.4, -0.2) is 51.3 Å². The summed E-state index contributed by atoms with van der Waals surface area (Å²) in [4.78, 5) is 17.6. The van der Waals surface area contributed by atoms with Crippen molar-refractivity contribution >= 4 is 11.9 Å². The Morgan fingerprint density at radius 3 is 2.18 bits per heavy atom. The zero-order chi connectivity index (χ0) is 15.6.